The molecule has 0 radical (unpaired) electrons. The van der Waals surface area contributed by atoms with Crippen LogP contribution in [0, 0.1) is 11.3 Å². The van der Waals surface area contributed by atoms with Gasteiger partial charge in [-0.1, -0.05) is 49.4 Å². The van der Waals surface area contributed by atoms with Gasteiger partial charge in [-0.05, 0) is 36.6 Å². The van der Waals surface area contributed by atoms with Crippen LogP contribution < -0.4 is 4.74 Å². The number of rotatable bonds is 7. The molecule has 0 fully saturated rings. The molecular formula is C23H24N2O2. The van der Waals surface area contributed by atoms with Gasteiger partial charge < -0.3 is 9.47 Å². The van der Waals surface area contributed by atoms with Crippen LogP contribution in [0.15, 0.2) is 54.6 Å². The minimum Gasteiger partial charge on any atom is -0.481 e. The maximum absolute atomic E-state index is 9.82. The van der Waals surface area contributed by atoms with Crippen molar-refractivity contribution in [3.05, 3.63) is 71.3 Å². The van der Waals surface area contributed by atoms with E-state index in [9.17, 15) is 5.26 Å². The Labute approximate surface area is 160 Å². The molecule has 1 unspecified atom stereocenters. The highest BCUT2D eigenvalue weighted by atomic mass is 16.5. The Bertz CT molecular complexity index is 963. The summed E-state index contributed by atoms with van der Waals surface area (Å²) in [6.45, 7) is 4.78. The quantitative estimate of drug-likeness (QED) is 0.607. The summed E-state index contributed by atoms with van der Waals surface area (Å²) < 4.78 is 11.3. The predicted molar refractivity (Wildman–Crippen MR) is 107 cm³/mol. The third-order valence-corrected chi connectivity index (χ3v) is 4.82. The summed E-state index contributed by atoms with van der Waals surface area (Å²) in [6.07, 6.45) is 0.858. The molecule has 3 aromatic rings. The topological polar surface area (TPSA) is 55.1 Å². The summed E-state index contributed by atoms with van der Waals surface area (Å²) in [5.74, 6) is 0.640. The van der Waals surface area contributed by atoms with Crippen LogP contribution in [-0.4, -0.2) is 18.7 Å². The van der Waals surface area contributed by atoms with Crippen molar-refractivity contribution >= 4 is 10.9 Å². The Balaban J connectivity index is 1.85. The lowest BCUT2D eigenvalue weighted by Crippen LogP contribution is -2.26. The number of aryl methyl sites for hydroxylation is 1. The fourth-order valence-electron chi connectivity index (χ4n) is 3.09. The number of nitriles is 1. The third-order valence-electron chi connectivity index (χ3n) is 4.82. The van der Waals surface area contributed by atoms with Crippen molar-refractivity contribution in [3.63, 3.8) is 0 Å². The van der Waals surface area contributed by atoms with E-state index in [4.69, 9.17) is 9.47 Å². The van der Waals surface area contributed by atoms with Crippen LogP contribution in [0.1, 0.15) is 30.5 Å². The molecule has 2 aromatic carbocycles. The molecule has 0 amide bonds. The lowest BCUT2D eigenvalue weighted by Gasteiger charge is -2.22. The summed E-state index contributed by atoms with van der Waals surface area (Å²) in [7, 11) is 1.63. The van der Waals surface area contributed by atoms with Gasteiger partial charge in [-0.2, -0.15) is 5.26 Å². The van der Waals surface area contributed by atoms with Crippen LogP contribution in [0.3, 0.4) is 0 Å². The largest absolute Gasteiger partial charge is 0.481 e. The van der Waals surface area contributed by atoms with Crippen molar-refractivity contribution in [2.75, 3.05) is 13.7 Å². The molecule has 0 bridgehead atoms. The molecule has 1 atom stereocenters. The van der Waals surface area contributed by atoms with E-state index in [-0.39, 0.29) is 0 Å². The lowest BCUT2D eigenvalue weighted by atomic mass is 9.84. The molecule has 3 rings (SSSR count). The van der Waals surface area contributed by atoms with Gasteiger partial charge in [0.15, 0.2) is 0 Å². The average Bonchev–Trinajstić information content (AvgIpc) is 2.72. The molecule has 0 aliphatic carbocycles. The highest BCUT2D eigenvalue weighted by Crippen LogP contribution is 2.29. The Morgan fingerprint density at radius 3 is 2.56 bits per heavy atom. The SMILES string of the molecule is CCc1cc2ccc(C(C)(C#N)COCc3ccccc3)cc2nc1OC. The highest BCUT2D eigenvalue weighted by Gasteiger charge is 2.27. The number of ether oxygens (including phenoxy) is 2. The fraction of sp³-hybridized carbons (Fsp3) is 0.304. The van der Waals surface area contributed by atoms with Crippen LogP contribution >= 0.6 is 0 Å². The molecule has 0 aliphatic heterocycles. The van der Waals surface area contributed by atoms with Crippen molar-refractivity contribution in [3.8, 4) is 11.9 Å². The van der Waals surface area contributed by atoms with E-state index in [0.29, 0.717) is 19.1 Å². The number of aromatic nitrogens is 1. The first-order valence-corrected chi connectivity index (χ1v) is 9.10. The van der Waals surface area contributed by atoms with Crippen molar-refractivity contribution < 1.29 is 9.47 Å². The zero-order valence-electron chi connectivity index (χ0n) is 16.0. The minimum atomic E-state index is -0.749. The molecule has 0 N–H and O–H groups in total. The molecule has 4 heteroatoms. The molecular weight excluding hydrogens is 336 g/mol. The Kier molecular flexibility index (Phi) is 5.73. The van der Waals surface area contributed by atoms with Gasteiger partial charge >= 0.3 is 0 Å². The number of hydrogen-bond acceptors (Lipinski definition) is 4. The number of methoxy groups -OCH3 is 1. The molecule has 4 nitrogen and oxygen atoms in total. The first-order valence-electron chi connectivity index (χ1n) is 9.10. The van der Waals surface area contributed by atoms with Gasteiger partial charge in [-0.15, -0.1) is 0 Å². The van der Waals surface area contributed by atoms with Gasteiger partial charge in [0.2, 0.25) is 5.88 Å². The van der Waals surface area contributed by atoms with E-state index >= 15 is 0 Å². The first-order chi connectivity index (χ1) is 13.1. The van der Waals surface area contributed by atoms with Gasteiger partial charge in [0.1, 0.15) is 5.41 Å². The number of nitrogens with zero attached hydrogens (tertiary/aromatic N) is 2. The molecule has 0 saturated carbocycles. The van der Waals surface area contributed by atoms with E-state index in [0.717, 1.165) is 34.0 Å². The summed E-state index contributed by atoms with van der Waals surface area (Å²) in [5, 5.41) is 10.9. The molecule has 0 saturated heterocycles. The monoisotopic (exact) mass is 360 g/mol. The molecule has 0 spiro atoms. The van der Waals surface area contributed by atoms with Gasteiger partial charge in [-0.25, -0.2) is 4.98 Å². The second-order valence-electron chi connectivity index (χ2n) is 6.84. The van der Waals surface area contributed by atoms with E-state index in [2.05, 4.69) is 24.0 Å². The molecule has 138 valence electrons. The zero-order valence-corrected chi connectivity index (χ0v) is 16.0. The highest BCUT2D eigenvalue weighted by molar-refractivity contribution is 5.81. The Morgan fingerprint density at radius 2 is 1.89 bits per heavy atom. The standard InChI is InChI=1S/C23H24N2O2/c1-4-18-12-19-10-11-20(13-21(19)25-22(18)26-3)23(2,15-24)16-27-14-17-8-6-5-7-9-17/h5-13H,4,14,16H2,1-3H3. The predicted octanol–water partition coefficient (Wildman–Crippen LogP) is 4.80. The molecule has 27 heavy (non-hydrogen) atoms. The van der Waals surface area contributed by atoms with Crippen LogP contribution in [0.25, 0.3) is 10.9 Å². The summed E-state index contributed by atoms with van der Waals surface area (Å²) in [6, 6.07) is 20.5. The smallest absolute Gasteiger partial charge is 0.216 e. The van der Waals surface area contributed by atoms with Crippen LogP contribution in [0.4, 0.5) is 0 Å². The fourth-order valence-corrected chi connectivity index (χ4v) is 3.09. The van der Waals surface area contributed by atoms with E-state index < -0.39 is 5.41 Å². The number of pyridine rings is 1. The lowest BCUT2D eigenvalue weighted by molar-refractivity contribution is 0.0932. The maximum Gasteiger partial charge on any atom is 0.216 e. The molecule has 1 heterocycles. The van der Waals surface area contributed by atoms with Crippen LogP contribution in [0.5, 0.6) is 5.88 Å². The van der Waals surface area contributed by atoms with Gasteiger partial charge in [0, 0.05) is 10.9 Å². The summed E-state index contributed by atoms with van der Waals surface area (Å²) >= 11 is 0. The maximum atomic E-state index is 9.82. The Hall–Kier alpha value is -2.90. The third kappa shape index (κ3) is 4.10. The van der Waals surface area contributed by atoms with Gasteiger partial charge in [0.25, 0.3) is 0 Å². The number of benzene rings is 2. The second kappa shape index (κ2) is 8.20. The molecule has 1 aromatic heterocycles. The van der Waals surface area contributed by atoms with Gasteiger partial charge in [-0.3, -0.25) is 0 Å². The molecule has 0 aliphatic rings. The zero-order chi connectivity index (χ0) is 19.3. The summed E-state index contributed by atoms with van der Waals surface area (Å²) in [5.41, 5.74) is 3.14. The summed E-state index contributed by atoms with van der Waals surface area (Å²) in [4.78, 5) is 4.63. The average molecular weight is 360 g/mol. The normalized spacial score (nSPS) is 13.1. The van der Waals surface area contributed by atoms with E-state index in [1.807, 2.05) is 55.5 Å². The van der Waals surface area contributed by atoms with Crippen molar-refractivity contribution in [1.29, 1.82) is 5.26 Å². The van der Waals surface area contributed by atoms with Crippen molar-refractivity contribution in [1.82, 2.24) is 4.98 Å². The minimum absolute atomic E-state index is 0.314. The van der Waals surface area contributed by atoms with E-state index in [1.165, 1.54) is 0 Å². The van der Waals surface area contributed by atoms with E-state index in [1.54, 1.807) is 7.11 Å². The number of hydrogen-bond donors (Lipinski definition) is 0. The second-order valence-corrected chi connectivity index (χ2v) is 6.84. The van der Waals surface area contributed by atoms with Crippen LogP contribution in [-0.2, 0) is 23.2 Å². The first kappa shape index (κ1) is 18.9. The Morgan fingerprint density at radius 1 is 1.11 bits per heavy atom. The number of fused-ring (bicyclic) bond motifs is 1. The van der Waals surface area contributed by atoms with Gasteiger partial charge in [0.05, 0.1) is 31.9 Å². The van der Waals surface area contributed by atoms with Crippen LogP contribution in [0.2, 0.25) is 0 Å². The van der Waals surface area contributed by atoms with Crippen molar-refractivity contribution in [2.45, 2.75) is 32.3 Å². The van der Waals surface area contributed by atoms with Crippen molar-refractivity contribution in [2.24, 2.45) is 0 Å².